The number of amides is 2. The van der Waals surface area contributed by atoms with E-state index in [1.165, 1.54) is 11.0 Å². The van der Waals surface area contributed by atoms with Crippen molar-refractivity contribution in [2.24, 2.45) is 0 Å². The summed E-state index contributed by atoms with van der Waals surface area (Å²) in [5.41, 5.74) is 1.48. The van der Waals surface area contributed by atoms with Gasteiger partial charge in [-0.3, -0.25) is 0 Å². The Hall–Kier alpha value is -2.07. The SMILES string of the molecule is CN(Cc1c(F)cccc1Cl)C(=O)NCCc1ccccc1. The van der Waals surface area contributed by atoms with Gasteiger partial charge in [0.1, 0.15) is 5.82 Å². The third-order valence-corrected chi connectivity index (χ3v) is 3.69. The number of nitrogens with zero attached hydrogens (tertiary/aromatic N) is 1. The molecule has 3 nitrogen and oxygen atoms in total. The first-order valence-electron chi connectivity index (χ1n) is 7.03. The van der Waals surface area contributed by atoms with Gasteiger partial charge in [0.15, 0.2) is 0 Å². The molecule has 22 heavy (non-hydrogen) atoms. The van der Waals surface area contributed by atoms with Gasteiger partial charge < -0.3 is 10.2 Å². The molecule has 2 amide bonds. The Morgan fingerprint density at radius 3 is 2.59 bits per heavy atom. The largest absolute Gasteiger partial charge is 0.338 e. The summed E-state index contributed by atoms with van der Waals surface area (Å²) in [6.45, 7) is 0.654. The van der Waals surface area contributed by atoms with Crippen molar-refractivity contribution in [3.05, 3.63) is 70.5 Å². The summed E-state index contributed by atoms with van der Waals surface area (Å²) < 4.78 is 13.7. The maximum atomic E-state index is 13.7. The molecule has 0 spiro atoms. The lowest BCUT2D eigenvalue weighted by Crippen LogP contribution is -2.38. The molecule has 0 saturated heterocycles. The van der Waals surface area contributed by atoms with Crippen LogP contribution in [0.2, 0.25) is 5.02 Å². The fourth-order valence-corrected chi connectivity index (χ4v) is 2.31. The van der Waals surface area contributed by atoms with Crippen molar-refractivity contribution < 1.29 is 9.18 Å². The first-order valence-corrected chi connectivity index (χ1v) is 7.41. The summed E-state index contributed by atoms with van der Waals surface area (Å²) in [7, 11) is 1.61. The summed E-state index contributed by atoms with van der Waals surface area (Å²) in [6, 6.07) is 14.1. The average Bonchev–Trinajstić information content (AvgIpc) is 2.52. The molecule has 0 bridgehead atoms. The molecule has 0 unspecified atom stereocenters. The number of hydrogen-bond donors (Lipinski definition) is 1. The predicted molar refractivity (Wildman–Crippen MR) is 86.4 cm³/mol. The van der Waals surface area contributed by atoms with Crippen LogP contribution in [0.15, 0.2) is 48.5 Å². The lowest BCUT2D eigenvalue weighted by molar-refractivity contribution is 0.206. The maximum absolute atomic E-state index is 13.7. The molecule has 5 heteroatoms. The molecule has 0 saturated carbocycles. The van der Waals surface area contributed by atoms with Crippen molar-refractivity contribution >= 4 is 17.6 Å². The highest BCUT2D eigenvalue weighted by Gasteiger charge is 2.13. The quantitative estimate of drug-likeness (QED) is 0.891. The molecule has 2 rings (SSSR count). The lowest BCUT2D eigenvalue weighted by atomic mass is 10.1. The Balaban J connectivity index is 1.85. The van der Waals surface area contributed by atoms with E-state index in [0.717, 1.165) is 12.0 Å². The van der Waals surface area contributed by atoms with Gasteiger partial charge in [0.05, 0.1) is 6.54 Å². The number of carbonyl (C=O) groups excluding carboxylic acids is 1. The second kappa shape index (κ2) is 7.80. The zero-order valence-corrected chi connectivity index (χ0v) is 13.1. The first kappa shape index (κ1) is 16.3. The van der Waals surface area contributed by atoms with E-state index in [1.54, 1.807) is 19.2 Å². The van der Waals surface area contributed by atoms with Gasteiger partial charge in [-0.05, 0) is 24.1 Å². The predicted octanol–water partition coefficient (Wildman–Crippen LogP) is 3.86. The van der Waals surface area contributed by atoms with E-state index in [-0.39, 0.29) is 12.6 Å². The minimum atomic E-state index is -0.406. The number of carbonyl (C=O) groups is 1. The summed E-state index contributed by atoms with van der Waals surface area (Å²) in [5.74, 6) is -0.406. The van der Waals surface area contributed by atoms with Gasteiger partial charge in [-0.1, -0.05) is 48.0 Å². The molecule has 0 heterocycles. The second-order valence-corrected chi connectivity index (χ2v) is 5.43. The zero-order valence-electron chi connectivity index (χ0n) is 12.4. The van der Waals surface area contributed by atoms with Crippen LogP contribution in [0.4, 0.5) is 9.18 Å². The van der Waals surface area contributed by atoms with Crippen molar-refractivity contribution in [3.8, 4) is 0 Å². The van der Waals surface area contributed by atoms with E-state index >= 15 is 0 Å². The summed E-state index contributed by atoms with van der Waals surface area (Å²) in [4.78, 5) is 13.4. The fourth-order valence-electron chi connectivity index (χ4n) is 2.09. The van der Waals surface area contributed by atoms with Crippen molar-refractivity contribution in [2.75, 3.05) is 13.6 Å². The summed E-state index contributed by atoms with van der Waals surface area (Å²) in [6.07, 6.45) is 0.751. The van der Waals surface area contributed by atoms with Crippen LogP contribution < -0.4 is 5.32 Å². The third-order valence-electron chi connectivity index (χ3n) is 3.34. The third kappa shape index (κ3) is 4.46. The smallest absolute Gasteiger partial charge is 0.317 e. The molecule has 0 fully saturated rings. The Labute approximate surface area is 134 Å². The highest BCUT2D eigenvalue weighted by atomic mass is 35.5. The lowest BCUT2D eigenvalue weighted by Gasteiger charge is -2.19. The number of benzene rings is 2. The molecule has 0 aliphatic rings. The highest BCUT2D eigenvalue weighted by molar-refractivity contribution is 6.31. The van der Waals surface area contributed by atoms with E-state index < -0.39 is 5.82 Å². The van der Waals surface area contributed by atoms with Crippen LogP contribution >= 0.6 is 11.6 Å². The normalized spacial score (nSPS) is 10.3. The maximum Gasteiger partial charge on any atom is 0.317 e. The standard InChI is InChI=1S/C17H18ClFN2O/c1-21(12-14-15(18)8-5-9-16(14)19)17(22)20-11-10-13-6-3-2-4-7-13/h2-9H,10-12H2,1H3,(H,20,22). The highest BCUT2D eigenvalue weighted by Crippen LogP contribution is 2.20. The van der Waals surface area contributed by atoms with Crippen molar-refractivity contribution in [1.82, 2.24) is 10.2 Å². The van der Waals surface area contributed by atoms with Gasteiger partial charge in [-0.15, -0.1) is 0 Å². The molecular formula is C17H18ClFN2O. The van der Waals surface area contributed by atoms with Gasteiger partial charge in [0.25, 0.3) is 0 Å². The van der Waals surface area contributed by atoms with Crippen LogP contribution in [0.25, 0.3) is 0 Å². The molecule has 0 aliphatic heterocycles. The van der Waals surface area contributed by atoms with Crippen LogP contribution in [-0.4, -0.2) is 24.5 Å². The topological polar surface area (TPSA) is 32.3 Å². The molecule has 0 aliphatic carbocycles. The first-order chi connectivity index (χ1) is 10.6. The van der Waals surface area contributed by atoms with E-state index in [2.05, 4.69) is 5.32 Å². The minimum Gasteiger partial charge on any atom is -0.338 e. The molecular weight excluding hydrogens is 303 g/mol. The molecule has 116 valence electrons. The Kier molecular flexibility index (Phi) is 5.78. The molecule has 2 aromatic rings. The van der Waals surface area contributed by atoms with Gasteiger partial charge in [-0.25, -0.2) is 9.18 Å². The van der Waals surface area contributed by atoms with E-state index in [0.29, 0.717) is 17.1 Å². The monoisotopic (exact) mass is 320 g/mol. The van der Waals surface area contributed by atoms with Gasteiger partial charge in [-0.2, -0.15) is 0 Å². The fraction of sp³-hybridized carbons (Fsp3) is 0.235. The summed E-state index contributed by atoms with van der Waals surface area (Å²) in [5, 5.41) is 3.13. The molecule has 2 aromatic carbocycles. The zero-order chi connectivity index (χ0) is 15.9. The van der Waals surface area contributed by atoms with E-state index in [1.807, 2.05) is 30.3 Å². The van der Waals surface area contributed by atoms with Crippen LogP contribution in [-0.2, 0) is 13.0 Å². The van der Waals surface area contributed by atoms with Gasteiger partial charge >= 0.3 is 6.03 Å². The van der Waals surface area contributed by atoms with Crippen LogP contribution in [0, 0.1) is 5.82 Å². The Morgan fingerprint density at radius 1 is 1.18 bits per heavy atom. The number of nitrogens with one attached hydrogen (secondary N) is 1. The Morgan fingerprint density at radius 2 is 1.91 bits per heavy atom. The average molecular weight is 321 g/mol. The van der Waals surface area contributed by atoms with E-state index in [4.69, 9.17) is 11.6 Å². The van der Waals surface area contributed by atoms with Gasteiger partial charge in [0.2, 0.25) is 0 Å². The molecule has 1 N–H and O–H groups in total. The number of rotatable bonds is 5. The number of halogens is 2. The number of urea groups is 1. The van der Waals surface area contributed by atoms with Crippen LogP contribution in [0.1, 0.15) is 11.1 Å². The van der Waals surface area contributed by atoms with Crippen molar-refractivity contribution in [2.45, 2.75) is 13.0 Å². The molecule has 0 atom stereocenters. The van der Waals surface area contributed by atoms with Crippen molar-refractivity contribution in [1.29, 1.82) is 0 Å². The minimum absolute atomic E-state index is 0.128. The van der Waals surface area contributed by atoms with Crippen LogP contribution in [0.5, 0.6) is 0 Å². The van der Waals surface area contributed by atoms with Crippen LogP contribution in [0.3, 0.4) is 0 Å². The molecule has 0 radical (unpaired) electrons. The van der Waals surface area contributed by atoms with Gasteiger partial charge in [0, 0.05) is 24.2 Å². The Bertz CT molecular complexity index is 614. The molecule has 0 aromatic heterocycles. The second-order valence-electron chi connectivity index (χ2n) is 5.02. The van der Waals surface area contributed by atoms with Crippen molar-refractivity contribution in [3.63, 3.8) is 0 Å². The number of hydrogen-bond acceptors (Lipinski definition) is 1. The summed E-state index contributed by atoms with van der Waals surface area (Å²) >= 11 is 5.96. The van der Waals surface area contributed by atoms with E-state index in [9.17, 15) is 9.18 Å².